The van der Waals surface area contributed by atoms with Crippen LogP contribution in [0.1, 0.15) is 16.7 Å². The smallest absolute Gasteiger partial charge is 0.271 e. The lowest BCUT2D eigenvalue weighted by Crippen LogP contribution is -2.28. The van der Waals surface area contributed by atoms with Gasteiger partial charge >= 0.3 is 0 Å². The molecule has 0 unspecified atom stereocenters. The van der Waals surface area contributed by atoms with Gasteiger partial charge in [-0.05, 0) is 73.6 Å². The van der Waals surface area contributed by atoms with Gasteiger partial charge in [-0.1, -0.05) is 47.5 Å². The van der Waals surface area contributed by atoms with Gasteiger partial charge < -0.3 is 5.11 Å². The number of aliphatic imine (C=N–C) groups is 1. The van der Waals surface area contributed by atoms with E-state index in [1.165, 1.54) is 11.8 Å². The lowest BCUT2D eigenvalue weighted by molar-refractivity contribution is -0.113. The second kappa shape index (κ2) is 7.97. The van der Waals surface area contributed by atoms with E-state index in [1.807, 2.05) is 68.5 Å². The molecule has 4 nitrogen and oxygen atoms in total. The van der Waals surface area contributed by atoms with Gasteiger partial charge in [-0.3, -0.25) is 9.69 Å². The van der Waals surface area contributed by atoms with Crippen LogP contribution in [0.4, 0.5) is 11.4 Å². The van der Waals surface area contributed by atoms with Crippen LogP contribution in [0.25, 0.3) is 6.08 Å². The van der Waals surface area contributed by atoms with Crippen LogP contribution in [0.3, 0.4) is 0 Å². The molecule has 3 aromatic rings. The van der Waals surface area contributed by atoms with Gasteiger partial charge in [0.15, 0.2) is 5.17 Å². The Kier molecular flexibility index (Phi) is 5.23. The summed E-state index contributed by atoms with van der Waals surface area (Å²) < 4.78 is 0. The number of amidine groups is 1. The highest BCUT2D eigenvalue weighted by molar-refractivity contribution is 8.19. The normalized spacial score (nSPS) is 16.8. The minimum Gasteiger partial charge on any atom is -0.508 e. The lowest BCUT2D eigenvalue weighted by Gasteiger charge is -2.16. The Balaban J connectivity index is 1.76. The fraction of sp³-hybridized carbons (Fsp3) is 0.0833. The average molecular weight is 401 g/mol. The van der Waals surface area contributed by atoms with Gasteiger partial charge in [0.05, 0.1) is 16.3 Å². The summed E-state index contributed by atoms with van der Waals surface area (Å²) in [4.78, 5) is 20.2. The lowest BCUT2D eigenvalue weighted by atomic mass is 10.2. The summed E-state index contributed by atoms with van der Waals surface area (Å²) in [5.74, 6) is 0.0817. The van der Waals surface area contributed by atoms with Crippen molar-refractivity contribution in [2.45, 2.75) is 13.8 Å². The summed E-state index contributed by atoms with van der Waals surface area (Å²) in [5.41, 5.74) is 4.72. The number of aromatic hydroxyl groups is 1. The van der Waals surface area contributed by atoms with E-state index >= 15 is 0 Å². The molecule has 1 heterocycles. The number of hydrogen-bond acceptors (Lipinski definition) is 4. The van der Waals surface area contributed by atoms with Gasteiger partial charge in [0.25, 0.3) is 5.91 Å². The number of hydrogen-bond donors (Lipinski definition) is 1. The molecule has 0 aromatic heterocycles. The maximum atomic E-state index is 13.2. The molecular weight excluding hydrogens is 380 g/mol. The molecule has 1 saturated heterocycles. The maximum Gasteiger partial charge on any atom is 0.271 e. The highest BCUT2D eigenvalue weighted by atomic mass is 32.2. The van der Waals surface area contributed by atoms with Crippen LogP contribution in [0.15, 0.2) is 82.7 Å². The topological polar surface area (TPSA) is 52.9 Å². The number of anilines is 1. The predicted molar refractivity (Wildman–Crippen MR) is 121 cm³/mol. The summed E-state index contributed by atoms with van der Waals surface area (Å²) in [7, 11) is 0. The van der Waals surface area contributed by atoms with Gasteiger partial charge in [0.2, 0.25) is 0 Å². The van der Waals surface area contributed by atoms with Crippen molar-refractivity contribution in [3.05, 3.63) is 94.4 Å². The van der Waals surface area contributed by atoms with Crippen molar-refractivity contribution < 1.29 is 9.90 Å². The third-order valence-corrected chi connectivity index (χ3v) is 5.52. The molecule has 1 aliphatic heterocycles. The molecule has 0 saturated carbocycles. The number of rotatable bonds is 3. The van der Waals surface area contributed by atoms with E-state index in [1.54, 1.807) is 29.2 Å². The number of phenols is 1. The molecule has 5 heteroatoms. The van der Waals surface area contributed by atoms with Crippen LogP contribution < -0.4 is 4.90 Å². The predicted octanol–water partition coefficient (Wildman–Crippen LogP) is 5.82. The van der Waals surface area contributed by atoms with Crippen LogP contribution >= 0.6 is 11.8 Å². The minimum atomic E-state index is -0.113. The van der Waals surface area contributed by atoms with E-state index in [9.17, 15) is 9.90 Å². The van der Waals surface area contributed by atoms with Crippen LogP contribution in [0.2, 0.25) is 0 Å². The first kappa shape index (κ1) is 19.0. The Morgan fingerprint density at radius 2 is 1.45 bits per heavy atom. The molecule has 0 atom stereocenters. The van der Waals surface area contributed by atoms with Gasteiger partial charge in [-0.15, -0.1) is 0 Å². The summed E-state index contributed by atoms with van der Waals surface area (Å²) in [5, 5.41) is 10.1. The van der Waals surface area contributed by atoms with Gasteiger partial charge in [0.1, 0.15) is 5.75 Å². The number of phenolic OH excluding ortho intramolecular Hbond substituents is 1. The second-order valence-electron chi connectivity index (χ2n) is 6.91. The van der Waals surface area contributed by atoms with E-state index < -0.39 is 0 Å². The van der Waals surface area contributed by atoms with Crippen LogP contribution in [-0.2, 0) is 4.79 Å². The molecule has 0 aliphatic carbocycles. The Bertz CT molecular complexity index is 1100. The molecule has 29 heavy (non-hydrogen) atoms. The van der Waals surface area contributed by atoms with Gasteiger partial charge in [-0.25, -0.2) is 4.99 Å². The zero-order valence-electron chi connectivity index (χ0n) is 16.2. The zero-order valence-corrected chi connectivity index (χ0v) is 17.0. The van der Waals surface area contributed by atoms with Crippen molar-refractivity contribution in [1.29, 1.82) is 0 Å². The van der Waals surface area contributed by atoms with Gasteiger partial charge in [-0.2, -0.15) is 0 Å². The quantitative estimate of drug-likeness (QED) is 0.564. The minimum absolute atomic E-state index is 0.113. The molecule has 144 valence electrons. The fourth-order valence-corrected chi connectivity index (χ4v) is 3.92. The van der Waals surface area contributed by atoms with Crippen LogP contribution in [0.5, 0.6) is 5.75 Å². The van der Waals surface area contributed by atoms with E-state index in [-0.39, 0.29) is 11.7 Å². The highest BCUT2D eigenvalue weighted by Gasteiger charge is 2.34. The van der Waals surface area contributed by atoms with E-state index in [4.69, 9.17) is 4.99 Å². The van der Waals surface area contributed by atoms with Crippen LogP contribution in [0, 0.1) is 13.8 Å². The van der Waals surface area contributed by atoms with Crippen molar-refractivity contribution in [3.8, 4) is 5.75 Å². The summed E-state index contributed by atoms with van der Waals surface area (Å²) in [6, 6.07) is 22.5. The largest absolute Gasteiger partial charge is 0.508 e. The Morgan fingerprint density at radius 3 is 2.07 bits per heavy atom. The standard InChI is InChI=1S/C24H20N2O2S/c1-16-3-9-19(10-4-16)25-24-26(20-11-5-17(2)6-12-20)23(28)22(29-24)15-18-7-13-21(27)14-8-18/h3-15,27H,1-2H3/b22-15+,25-24?. The molecule has 1 fully saturated rings. The molecule has 1 N–H and O–H groups in total. The SMILES string of the molecule is Cc1ccc(N=C2S/C(=C/c3ccc(O)cc3)C(=O)N2c2ccc(C)cc2)cc1. The van der Waals surface area contributed by atoms with E-state index in [0.29, 0.717) is 10.1 Å². The number of benzene rings is 3. The van der Waals surface area contributed by atoms with Crippen molar-refractivity contribution in [3.63, 3.8) is 0 Å². The Morgan fingerprint density at radius 1 is 0.862 bits per heavy atom. The third-order valence-electron chi connectivity index (χ3n) is 4.55. The molecular formula is C24H20N2O2S. The third kappa shape index (κ3) is 4.25. The number of aryl methyl sites for hydroxylation is 2. The molecule has 1 aliphatic rings. The number of thioether (sulfide) groups is 1. The molecule has 0 radical (unpaired) electrons. The Hall–Kier alpha value is -3.31. The number of amides is 1. The van der Waals surface area contributed by atoms with Crippen molar-refractivity contribution in [2.24, 2.45) is 4.99 Å². The van der Waals surface area contributed by atoms with E-state index in [2.05, 4.69) is 0 Å². The Labute approximate surface area is 174 Å². The summed E-state index contributed by atoms with van der Waals surface area (Å²) in [6.07, 6.45) is 1.82. The number of carbonyl (C=O) groups is 1. The number of nitrogens with zero attached hydrogens (tertiary/aromatic N) is 2. The summed E-state index contributed by atoms with van der Waals surface area (Å²) in [6.45, 7) is 4.05. The highest BCUT2D eigenvalue weighted by Crippen LogP contribution is 2.37. The molecule has 1 amide bonds. The van der Waals surface area contributed by atoms with Gasteiger partial charge in [0, 0.05) is 0 Å². The molecule has 0 spiro atoms. The van der Waals surface area contributed by atoms with Crippen molar-refractivity contribution in [1.82, 2.24) is 0 Å². The van der Waals surface area contributed by atoms with Crippen LogP contribution in [-0.4, -0.2) is 16.2 Å². The molecule has 0 bridgehead atoms. The van der Waals surface area contributed by atoms with Crippen molar-refractivity contribution >= 4 is 40.3 Å². The maximum absolute atomic E-state index is 13.2. The first-order valence-corrected chi connectivity index (χ1v) is 10.1. The summed E-state index contributed by atoms with van der Waals surface area (Å²) >= 11 is 1.35. The first-order chi connectivity index (χ1) is 14.0. The van der Waals surface area contributed by atoms with Crippen molar-refractivity contribution in [2.75, 3.05) is 4.90 Å². The zero-order chi connectivity index (χ0) is 20.4. The van der Waals surface area contributed by atoms with E-state index in [0.717, 1.165) is 28.1 Å². The second-order valence-corrected chi connectivity index (χ2v) is 7.92. The average Bonchev–Trinajstić information content (AvgIpc) is 3.01. The molecule has 3 aromatic carbocycles. The number of carbonyl (C=O) groups excluding carboxylic acids is 1. The monoisotopic (exact) mass is 400 g/mol. The molecule has 4 rings (SSSR count). The first-order valence-electron chi connectivity index (χ1n) is 9.25. The fourth-order valence-electron chi connectivity index (χ4n) is 2.92.